The molecule has 0 unspecified atom stereocenters. The Morgan fingerprint density at radius 3 is 2.90 bits per heavy atom. The van der Waals surface area contributed by atoms with E-state index in [1.165, 1.54) is 17.4 Å². The second-order valence-electron chi connectivity index (χ2n) is 5.27. The molecule has 1 atom stereocenters. The molecule has 104 valence electrons. The van der Waals surface area contributed by atoms with Crippen LogP contribution in [-0.2, 0) is 6.42 Å². The molecule has 0 radical (unpaired) electrons. The van der Waals surface area contributed by atoms with E-state index >= 15 is 0 Å². The molecule has 0 N–H and O–H groups in total. The van der Waals surface area contributed by atoms with E-state index in [2.05, 4.69) is 0 Å². The first-order chi connectivity index (χ1) is 9.58. The molecule has 0 fully saturated rings. The minimum absolute atomic E-state index is 0.0255. The Morgan fingerprint density at radius 2 is 2.20 bits per heavy atom. The van der Waals surface area contributed by atoms with Crippen LogP contribution < -0.4 is 4.90 Å². The van der Waals surface area contributed by atoms with Crippen molar-refractivity contribution in [3.63, 3.8) is 0 Å². The maximum Gasteiger partial charge on any atom is 0.268 e. The number of hydrogen-bond acceptors (Lipinski definition) is 2. The van der Waals surface area contributed by atoms with Crippen molar-refractivity contribution in [3.05, 3.63) is 51.5 Å². The van der Waals surface area contributed by atoms with E-state index in [-0.39, 0.29) is 17.8 Å². The zero-order valence-corrected chi connectivity index (χ0v) is 12.3. The van der Waals surface area contributed by atoms with E-state index in [1.54, 1.807) is 12.1 Å². The number of hydrogen-bond donors (Lipinski definition) is 0. The van der Waals surface area contributed by atoms with Crippen molar-refractivity contribution in [1.29, 1.82) is 0 Å². The molecule has 1 aromatic heterocycles. The van der Waals surface area contributed by atoms with Crippen molar-refractivity contribution in [3.8, 4) is 0 Å². The molecule has 0 saturated carbocycles. The molecule has 20 heavy (non-hydrogen) atoms. The molecule has 0 saturated heterocycles. The number of amides is 1. The lowest BCUT2D eigenvalue weighted by Gasteiger charge is -2.35. The molecule has 1 aromatic carbocycles. The summed E-state index contributed by atoms with van der Waals surface area (Å²) in [6, 6.07) is 6.79. The maximum absolute atomic E-state index is 13.4. The fourth-order valence-corrected chi connectivity index (χ4v) is 3.59. The van der Waals surface area contributed by atoms with Gasteiger partial charge in [-0.15, -0.1) is 11.3 Å². The van der Waals surface area contributed by atoms with Gasteiger partial charge in [-0.05, 0) is 67.5 Å². The van der Waals surface area contributed by atoms with Crippen LogP contribution in [0.4, 0.5) is 10.1 Å². The molecule has 0 bridgehead atoms. The summed E-state index contributed by atoms with van der Waals surface area (Å²) in [7, 11) is 0. The van der Waals surface area contributed by atoms with Gasteiger partial charge in [-0.25, -0.2) is 4.39 Å². The fraction of sp³-hybridized carbons (Fsp3) is 0.312. The van der Waals surface area contributed by atoms with Crippen LogP contribution in [0.5, 0.6) is 0 Å². The number of benzene rings is 1. The Morgan fingerprint density at radius 1 is 1.40 bits per heavy atom. The molecule has 1 amide bonds. The lowest BCUT2D eigenvalue weighted by atomic mass is 9.96. The number of rotatable bonds is 1. The van der Waals surface area contributed by atoms with Crippen molar-refractivity contribution in [2.75, 3.05) is 4.90 Å². The Bertz CT molecular complexity index is 664. The van der Waals surface area contributed by atoms with E-state index in [0.717, 1.165) is 34.5 Å². The minimum Gasteiger partial charge on any atom is -0.305 e. The predicted octanol–water partition coefficient (Wildman–Crippen LogP) is 4.18. The first-order valence-electron chi connectivity index (χ1n) is 6.74. The lowest BCUT2D eigenvalue weighted by molar-refractivity contribution is 0.0978. The van der Waals surface area contributed by atoms with Gasteiger partial charge in [0.2, 0.25) is 0 Å². The highest BCUT2D eigenvalue weighted by atomic mass is 32.1. The number of carbonyl (C=O) groups is 1. The SMILES string of the molecule is Cc1ccsc1C(=O)N1c2ccc(F)cc2CC[C@H]1C. The van der Waals surface area contributed by atoms with Gasteiger partial charge in [0.1, 0.15) is 5.82 Å². The largest absolute Gasteiger partial charge is 0.305 e. The quantitative estimate of drug-likeness (QED) is 0.771. The number of thiophene rings is 1. The van der Waals surface area contributed by atoms with Gasteiger partial charge >= 0.3 is 0 Å². The van der Waals surface area contributed by atoms with Gasteiger partial charge in [0.15, 0.2) is 0 Å². The molecule has 2 aromatic rings. The number of carbonyl (C=O) groups excluding carboxylic acids is 1. The summed E-state index contributed by atoms with van der Waals surface area (Å²) in [5.74, 6) is -0.212. The highest BCUT2D eigenvalue weighted by molar-refractivity contribution is 7.12. The van der Waals surface area contributed by atoms with Crippen LogP contribution in [0.25, 0.3) is 0 Å². The molecular weight excluding hydrogens is 273 g/mol. The second kappa shape index (κ2) is 5.02. The highest BCUT2D eigenvalue weighted by Gasteiger charge is 2.30. The Balaban J connectivity index is 2.05. The van der Waals surface area contributed by atoms with Crippen molar-refractivity contribution in [1.82, 2.24) is 0 Å². The molecule has 4 heteroatoms. The van der Waals surface area contributed by atoms with E-state index in [9.17, 15) is 9.18 Å². The van der Waals surface area contributed by atoms with Gasteiger partial charge in [-0.1, -0.05) is 0 Å². The summed E-state index contributed by atoms with van der Waals surface area (Å²) in [5.41, 5.74) is 2.77. The molecule has 3 rings (SSSR count). The summed E-state index contributed by atoms with van der Waals surface area (Å²) in [4.78, 5) is 15.4. The predicted molar refractivity (Wildman–Crippen MR) is 80.0 cm³/mol. The number of aryl methyl sites for hydroxylation is 2. The Labute approximate surface area is 121 Å². The van der Waals surface area contributed by atoms with Gasteiger partial charge in [0, 0.05) is 11.7 Å². The third-order valence-electron chi connectivity index (χ3n) is 3.85. The highest BCUT2D eigenvalue weighted by Crippen LogP contribution is 2.33. The molecule has 2 heterocycles. The molecule has 0 spiro atoms. The topological polar surface area (TPSA) is 20.3 Å². The normalized spacial score (nSPS) is 17.9. The van der Waals surface area contributed by atoms with Crippen LogP contribution in [-0.4, -0.2) is 11.9 Å². The van der Waals surface area contributed by atoms with Gasteiger partial charge in [0.25, 0.3) is 5.91 Å². The summed E-state index contributed by atoms with van der Waals surface area (Å²) in [6.45, 7) is 4.00. The lowest BCUT2D eigenvalue weighted by Crippen LogP contribution is -2.42. The standard InChI is InChI=1S/C16H16FNOS/c1-10-7-8-20-15(10)16(19)18-11(2)3-4-12-9-13(17)5-6-14(12)18/h5-9,11H,3-4H2,1-2H3/t11-/m1/s1. The van der Waals surface area contributed by atoms with E-state index in [4.69, 9.17) is 0 Å². The molecular formula is C16H16FNOS. The number of fused-ring (bicyclic) bond motifs is 1. The van der Waals surface area contributed by atoms with Gasteiger partial charge in [0.05, 0.1) is 4.88 Å². The zero-order valence-electron chi connectivity index (χ0n) is 11.5. The monoisotopic (exact) mass is 289 g/mol. The fourth-order valence-electron chi connectivity index (χ4n) is 2.73. The van der Waals surface area contributed by atoms with Crippen molar-refractivity contribution in [2.45, 2.75) is 32.7 Å². The smallest absolute Gasteiger partial charge is 0.268 e. The van der Waals surface area contributed by atoms with Crippen LogP contribution in [0.1, 0.15) is 34.1 Å². The number of nitrogens with zero attached hydrogens (tertiary/aromatic N) is 1. The minimum atomic E-state index is -0.238. The number of halogens is 1. The van der Waals surface area contributed by atoms with E-state index < -0.39 is 0 Å². The summed E-state index contributed by atoms with van der Waals surface area (Å²) < 4.78 is 13.4. The molecule has 0 aliphatic carbocycles. The van der Waals surface area contributed by atoms with Crippen LogP contribution >= 0.6 is 11.3 Å². The molecule has 2 nitrogen and oxygen atoms in total. The van der Waals surface area contributed by atoms with Crippen LogP contribution in [0.3, 0.4) is 0 Å². The van der Waals surface area contributed by atoms with Crippen LogP contribution in [0, 0.1) is 12.7 Å². The summed E-state index contributed by atoms with van der Waals surface area (Å²) in [6.07, 6.45) is 1.69. The van der Waals surface area contributed by atoms with Crippen LogP contribution in [0.15, 0.2) is 29.6 Å². The van der Waals surface area contributed by atoms with Crippen molar-refractivity contribution >= 4 is 22.9 Å². The zero-order chi connectivity index (χ0) is 14.3. The van der Waals surface area contributed by atoms with E-state index in [0.29, 0.717) is 0 Å². The van der Waals surface area contributed by atoms with Crippen molar-refractivity contribution < 1.29 is 9.18 Å². The maximum atomic E-state index is 13.4. The summed E-state index contributed by atoms with van der Waals surface area (Å²) in [5, 5.41) is 1.93. The molecule has 1 aliphatic rings. The second-order valence-corrected chi connectivity index (χ2v) is 6.18. The van der Waals surface area contributed by atoms with Gasteiger partial charge in [-0.2, -0.15) is 0 Å². The Kier molecular flexibility index (Phi) is 3.34. The first kappa shape index (κ1) is 13.3. The van der Waals surface area contributed by atoms with Crippen molar-refractivity contribution in [2.24, 2.45) is 0 Å². The van der Waals surface area contributed by atoms with Crippen LogP contribution in [0.2, 0.25) is 0 Å². The summed E-state index contributed by atoms with van der Waals surface area (Å²) >= 11 is 1.47. The average molecular weight is 289 g/mol. The van der Waals surface area contributed by atoms with E-state index in [1.807, 2.05) is 30.2 Å². The van der Waals surface area contributed by atoms with Gasteiger partial charge in [-0.3, -0.25) is 4.79 Å². The number of anilines is 1. The third-order valence-corrected chi connectivity index (χ3v) is 4.85. The average Bonchev–Trinajstić information content (AvgIpc) is 2.84. The third kappa shape index (κ3) is 2.14. The molecule has 1 aliphatic heterocycles. The Hall–Kier alpha value is -1.68. The van der Waals surface area contributed by atoms with Gasteiger partial charge < -0.3 is 4.90 Å². The first-order valence-corrected chi connectivity index (χ1v) is 7.62.